The quantitative estimate of drug-likeness (QED) is 0.910. The molecule has 0 saturated carbocycles. The topological polar surface area (TPSA) is 45.2 Å². The van der Waals surface area contributed by atoms with Crippen LogP contribution in [0.2, 0.25) is 0 Å². The average molecular weight is 267 g/mol. The fraction of sp³-hybridized carbons (Fsp3) is 0.250. The molecule has 0 radical (unpaired) electrons. The van der Waals surface area contributed by atoms with Gasteiger partial charge in [-0.05, 0) is 37.1 Å². The van der Waals surface area contributed by atoms with Gasteiger partial charge in [-0.3, -0.25) is 4.79 Å². The van der Waals surface area contributed by atoms with Gasteiger partial charge in [0.1, 0.15) is 5.69 Å². The van der Waals surface area contributed by atoms with Crippen LogP contribution < -0.4 is 10.2 Å². The minimum absolute atomic E-state index is 0.0369. The number of benzene rings is 1. The van der Waals surface area contributed by atoms with Crippen LogP contribution in [0.15, 0.2) is 42.6 Å². The van der Waals surface area contributed by atoms with E-state index in [0.717, 1.165) is 17.8 Å². The van der Waals surface area contributed by atoms with E-state index in [1.807, 2.05) is 36.2 Å². The van der Waals surface area contributed by atoms with Gasteiger partial charge in [-0.2, -0.15) is 0 Å². The van der Waals surface area contributed by atoms with Gasteiger partial charge < -0.3 is 10.2 Å². The molecule has 2 aromatic rings. The highest BCUT2D eigenvalue weighted by Crippen LogP contribution is 2.32. The average Bonchev–Trinajstić information content (AvgIpc) is 2.82. The molecule has 4 heteroatoms. The molecule has 1 aromatic heterocycles. The summed E-state index contributed by atoms with van der Waals surface area (Å²) in [5.41, 5.74) is 3.61. The Morgan fingerprint density at radius 3 is 2.80 bits per heavy atom. The molecular weight excluding hydrogens is 250 g/mol. The Balaban J connectivity index is 1.94. The summed E-state index contributed by atoms with van der Waals surface area (Å²) in [4.78, 5) is 18.8. The summed E-state index contributed by atoms with van der Waals surface area (Å²) in [5, 5.41) is 3.00. The number of amides is 1. The molecular formula is C16H17N3O. The van der Waals surface area contributed by atoms with Crippen LogP contribution in [0.4, 0.5) is 11.4 Å². The van der Waals surface area contributed by atoms with Gasteiger partial charge in [-0.25, -0.2) is 4.98 Å². The monoisotopic (exact) mass is 267 g/mol. The molecule has 1 amide bonds. The maximum Gasteiger partial charge on any atom is 0.277 e. The van der Waals surface area contributed by atoms with Gasteiger partial charge in [0.25, 0.3) is 5.91 Å². The first-order valence-electron chi connectivity index (χ1n) is 6.76. The molecule has 1 aromatic carbocycles. The van der Waals surface area contributed by atoms with Gasteiger partial charge >= 0.3 is 0 Å². The Labute approximate surface area is 118 Å². The van der Waals surface area contributed by atoms with Crippen LogP contribution >= 0.6 is 0 Å². The standard InChI is InChI=1S/C16H17N3O/c1-11-9-12-5-3-4-6-15(12)19(11)16(20)14-8-7-13(17-2)10-18-14/h3-8,10-11,17H,9H2,1-2H3. The highest BCUT2D eigenvalue weighted by molar-refractivity contribution is 6.06. The largest absolute Gasteiger partial charge is 0.387 e. The molecule has 0 spiro atoms. The zero-order valence-electron chi connectivity index (χ0n) is 11.6. The number of nitrogens with one attached hydrogen (secondary N) is 1. The summed E-state index contributed by atoms with van der Waals surface area (Å²) >= 11 is 0. The first kappa shape index (κ1) is 12.7. The van der Waals surface area contributed by atoms with Crippen LogP contribution in [0.25, 0.3) is 0 Å². The van der Waals surface area contributed by atoms with Gasteiger partial charge in [-0.1, -0.05) is 18.2 Å². The van der Waals surface area contributed by atoms with Crippen molar-refractivity contribution in [3.8, 4) is 0 Å². The zero-order chi connectivity index (χ0) is 14.1. The number of hydrogen-bond acceptors (Lipinski definition) is 3. The Morgan fingerprint density at radius 1 is 1.30 bits per heavy atom. The molecule has 1 atom stereocenters. The van der Waals surface area contributed by atoms with Gasteiger partial charge in [0.2, 0.25) is 0 Å². The maximum absolute atomic E-state index is 12.7. The van der Waals surface area contributed by atoms with Crippen molar-refractivity contribution in [2.75, 3.05) is 17.3 Å². The third-order valence-electron chi connectivity index (χ3n) is 3.70. The number of hydrogen-bond donors (Lipinski definition) is 1. The van der Waals surface area contributed by atoms with Crippen molar-refractivity contribution >= 4 is 17.3 Å². The summed E-state index contributed by atoms with van der Waals surface area (Å²) in [7, 11) is 1.83. The smallest absolute Gasteiger partial charge is 0.277 e. The number of anilines is 2. The second kappa shape index (κ2) is 4.96. The fourth-order valence-electron chi connectivity index (χ4n) is 2.67. The first-order chi connectivity index (χ1) is 9.70. The van der Waals surface area contributed by atoms with E-state index in [1.165, 1.54) is 5.56 Å². The highest BCUT2D eigenvalue weighted by Gasteiger charge is 2.31. The minimum atomic E-state index is -0.0369. The van der Waals surface area contributed by atoms with Crippen LogP contribution in [0.3, 0.4) is 0 Å². The van der Waals surface area contributed by atoms with Crippen LogP contribution in [0.5, 0.6) is 0 Å². The highest BCUT2D eigenvalue weighted by atomic mass is 16.2. The van der Waals surface area contributed by atoms with Crippen molar-refractivity contribution in [1.82, 2.24) is 4.98 Å². The van der Waals surface area contributed by atoms with E-state index in [4.69, 9.17) is 0 Å². The second-order valence-electron chi connectivity index (χ2n) is 5.04. The Kier molecular flexibility index (Phi) is 3.14. The molecule has 20 heavy (non-hydrogen) atoms. The molecule has 0 aliphatic carbocycles. The normalized spacial score (nSPS) is 16.9. The first-order valence-corrected chi connectivity index (χ1v) is 6.76. The summed E-state index contributed by atoms with van der Waals surface area (Å²) in [6, 6.07) is 11.9. The lowest BCUT2D eigenvalue weighted by atomic mass is 10.1. The van der Waals surface area contributed by atoms with Gasteiger partial charge in [-0.15, -0.1) is 0 Å². The third kappa shape index (κ3) is 2.03. The van der Waals surface area contributed by atoms with E-state index in [1.54, 1.807) is 12.3 Å². The predicted octanol–water partition coefficient (Wildman–Crippen LogP) is 2.71. The molecule has 0 bridgehead atoms. The maximum atomic E-state index is 12.7. The van der Waals surface area contributed by atoms with Crippen LogP contribution in [0.1, 0.15) is 23.0 Å². The SMILES string of the molecule is CNc1ccc(C(=O)N2c3ccccc3CC2C)nc1. The number of carbonyl (C=O) groups excluding carboxylic acids is 1. The van der Waals surface area contributed by atoms with Crippen molar-refractivity contribution in [3.63, 3.8) is 0 Å². The van der Waals surface area contributed by atoms with E-state index in [-0.39, 0.29) is 11.9 Å². The summed E-state index contributed by atoms with van der Waals surface area (Å²) in [6.07, 6.45) is 2.58. The molecule has 2 heterocycles. The Hall–Kier alpha value is -2.36. The number of carbonyl (C=O) groups is 1. The summed E-state index contributed by atoms with van der Waals surface area (Å²) in [6.45, 7) is 2.07. The van der Waals surface area contributed by atoms with Gasteiger partial charge in [0.15, 0.2) is 0 Å². The molecule has 1 aliphatic heterocycles. The lowest BCUT2D eigenvalue weighted by Crippen LogP contribution is -2.36. The molecule has 1 N–H and O–H groups in total. The lowest BCUT2D eigenvalue weighted by Gasteiger charge is -2.22. The zero-order valence-corrected chi connectivity index (χ0v) is 11.6. The summed E-state index contributed by atoms with van der Waals surface area (Å²) in [5.74, 6) is -0.0369. The molecule has 3 rings (SSSR count). The van der Waals surface area contributed by atoms with E-state index in [9.17, 15) is 4.79 Å². The molecule has 0 fully saturated rings. The lowest BCUT2D eigenvalue weighted by molar-refractivity contribution is 0.0976. The molecule has 102 valence electrons. The number of rotatable bonds is 2. The number of aromatic nitrogens is 1. The van der Waals surface area contributed by atoms with E-state index in [0.29, 0.717) is 5.69 Å². The number of pyridine rings is 1. The Bertz CT molecular complexity index is 636. The third-order valence-corrected chi connectivity index (χ3v) is 3.70. The van der Waals surface area contributed by atoms with E-state index in [2.05, 4.69) is 23.3 Å². The minimum Gasteiger partial charge on any atom is -0.387 e. The number of fused-ring (bicyclic) bond motifs is 1. The summed E-state index contributed by atoms with van der Waals surface area (Å²) < 4.78 is 0. The van der Waals surface area contributed by atoms with Gasteiger partial charge in [0, 0.05) is 18.8 Å². The molecule has 4 nitrogen and oxygen atoms in total. The Morgan fingerprint density at radius 2 is 2.10 bits per heavy atom. The number of nitrogens with zero attached hydrogens (tertiary/aromatic N) is 2. The predicted molar refractivity (Wildman–Crippen MR) is 80.2 cm³/mol. The molecule has 1 unspecified atom stereocenters. The molecule has 0 saturated heterocycles. The van der Waals surface area contributed by atoms with Crippen LogP contribution in [0, 0.1) is 0 Å². The van der Waals surface area contributed by atoms with Crippen molar-refractivity contribution in [3.05, 3.63) is 53.9 Å². The second-order valence-corrected chi connectivity index (χ2v) is 5.04. The van der Waals surface area contributed by atoms with E-state index >= 15 is 0 Å². The molecule has 1 aliphatic rings. The number of para-hydroxylation sites is 1. The van der Waals surface area contributed by atoms with Crippen molar-refractivity contribution in [2.45, 2.75) is 19.4 Å². The van der Waals surface area contributed by atoms with Crippen molar-refractivity contribution in [1.29, 1.82) is 0 Å². The van der Waals surface area contributed by atoms with Crippen molar-refractivity contribution in [2.24, 2.45) is 0 Å². The van der Waals surface area contributed by atoms with E-state index < -0.39 is 0 Å². The van der Waals surface area contributed by atoms with Gasteiger partial charge in [0.05, 0.1) is 11.9 Å². The van der Waals surface area contributed by atoms with Crippen LogP contribution in [-0.2, 0) is 6.42 Å². The van der Waals surface area contributed by atoms with Crippen LogP contribution in [-0.4, -0.2) is 24.0 Å². The fourth-order valence-corrected chi connectivity index (χ4v) is 2.67. The van der Waals surface area contributed by atoms with Crippen molar-refractivity contribution < 1.29 is 4.79 Å².